The number of halogens is 3. The SMILES string of the molecule is COC(=O)C(=O)OC.[I][V]([I])[I]. The van der Waals surface area contributed by atoms with Gasteiger partial charge in [-0.05, 0) is 0 Å². The number of rotatable bonds is 0. The molecule has 0 aliphatic heterocycles. The minimum absolute atomic E-state index is 0.278. The summed E-state index contributed by atoms with van der Waals surface area (Å²) in [4.78, 5) is 19.8. The predicted octanol–water partition coefficient (Wildman–Crippen LogP) is 1.99. The Morgan fingerprint density at radius 1 is 1.00 bits per heavy atom. The number of carbonyl (C=O) groups excluding carboxylic acids is 2. The molecule has 4 nitrogen and oxygen atoms in total. The third kappa shape index (κ3) is 14.3. The van der Waals surface area contributed by atoms with Crippen molar-refractivity contribution in [1.82, 2.24) is 0 Å². The second-order valence-electron chi connectivity index (χ2n) is 1.17. The maximum atomic E-state index is 10.0. The minimum atomic E-state index is -0.979. The van der Waals surface area contributed by atoms with E-state index in [2.05, 4.69) is 69.4 Å². The Morgan fingerprint density at radius 3 is 1.25 bits per heavy atom. The van der Waals surface area contributed by atoms with Crippen LogP contribution < -0.4 is 0 Å². The van der Waals surface area contributed by atoms with E-state index in [0.29, 0.717) is 0 Å². The molecule has 8 heteroatoms. The number of methoxy groups -OCH3 is 2. The standard InChI is InChI=1S/C4H6O4.3HI.V/c1-7-3(5)4(6)8-2;;;;/h1-2H3;3*1H;/q;;;;+3/p-3. The summed E-state index contributed by atoms with van der Waals surface area (Å²) in [5, 5.41) is 0. The average Bonchev–Trinajstić information content (AvgIpc) is 2.00. The fraction of sp³-hybridized carbons (Fsp3) is 0.500. The van der Waals surface area contributed by atoms with Crippen LogP contribution in [0.3, 0.4) is 0 Å². The Morgan fingerprint density at radius 2 is 1.17 bits per heavy atom. The molecule has 0 aliphatic carbocycles. The van der Waals surface area contributed by atoms with Gasteiger partial charge < -0.3 is 9.47 Å². The molecule has 0 atom stereocenters. The molecule has 0 aromatic heterocycles. The zero-order valence-electron chi connectivity index (χ0n) is 6.21. The van der Waals surface area contributed by atoms with Crippen molar-refractivity contribution in [2.45, 2.75) is 0 Å². The summed E-state index contributed by atoms with van der Waals surface area (Å²) in [6.07, 6.45) is 0. The molecule has 0 heterocycles. The van der Waals surface area contributed by atoms with Crippen molar-refractivity contribution in [3.05, 3.63) is 0 Å². The molecule has 0 aromatic rings. The molecule has 0 spiro atoms. The predicted molar refractivity (Wildman–Crippen MR) is 66.1 cm³/mol. The molecule has 0 saturated heterocycles. The summed E-state index contributed by atoms with van der Waals surface area (Å²) < 4.78 is 7.98. The number of carbonyl (C=O) groups is 2. The topological polar surface area (TPSA) is 52.6 Å². The van der Waals surface area contributed by atoms with Crippen LogP contribution in [0.25, 0.3) is 0 Å². The van der Waals surface area contributed by atoms with E-state index >= 15 is 0 Å². The van der Waals surface area contributed by atoms with Gasteiger partial charge in [0.05, 0.1) is 14.2 Å². The molecule has 0 radical (unpaired) electrons. The Kier molecular flexibility index (Phi) is 14.5. The van der Waals surface area contributed by atoms with Gasteiger partial charge in [-0.25, -0.2) is 9.59 Å². The maximum absolute atomic E-state index is 10.0. The third-order valence-electron chi connectivity index (χ3n) is 0.537. The van der Waals surface area contributed by atoms with Crippen molar-refractivity contribution in [1.29, 1.82) is 0 Å². The first-order valence-corrected chi connectivity index (χ1v) is 15.9. The summed E-state index contributed by atoms with van der Waals surface area (Å²) >= 11 is 7.39. The molecule has 0 rings (SSSR count). The number of hydrogen-bond donors (Lipinski definition) is 0. The van der Waals surface area contributed by atoms with Gasteiger partial charge in [-0.2, -0.15) is 0 Å². The van der Waals surface area contributed by atoms with E-state index in [1.807, 2.05) is 0 Å². The van der Waals surface area contributed by atoms with Crippen LogP contribution in [0.5, 0.6) is 0 Å². The average molecular weight is 550 g/mol. The Hall–Kier alpha value is 1.71. The van der Waals surface area contributed by atoms with Gasteiger partial charge in [0.25, 0.3) is 0 Å². The first kappa shape index (κ1) is 16.2. The van der Waals surface area contributed by atoms with Crippen molar-refractivity contribution >= 4 is 71.9 Å². The van der Waals surface area contributed by atoms with Crippen LogP contribution in [0.1, 0.15) is 0 Å². The van der Waals surface area contributed by atoms with Crippen LogP contribution in [0.4, 0.5) is 0 Å². The van der Waals surface area contributed by atoms with Gasteiger partial charge >= 0.3 is 76.8 Å². The van der Waals surface area contributed by atoms with Gasteiger partial charge in [-0.15, -0.1) is 0 Å². The van der Waals surface area contributed by atoms with Gasteiger partial charge in [0, 0.05) is 0 Å². The van der Waals surface area contributed by atoms with Crippen LogP contribution in [-0.2, 0) is 24.0 Å². The molecule has 0 aliphatic rings. The summed E-state index contributed by atoms with van der Waals surface area (Å²) in [7, 11) is 2.22. The van der Waals surface area contributed by atoms with Gasteiger partial charge in [0.15, 0.2) is 0 Å². The molecule has 0 bridgehead atoms. The fourth-order valence-corrected chi connectivity index (χ4v) is 0.167. The second-order valence-corrected chi connectivity index (χ2v) is 36.5. The fourth-order valence-electron chi connectivity index (χ4n) is 0.167. The molecule has 0 N–H and O–H groups in total. The van der Waals surface area contributed by atoms with Gasteiger partial charge in [-0.3, -0.25) is 0 Å². The van der Waals surface area contributed by atoms with Gasteiger partial charge in [0.1, 0.15) is 0 Å². The first-order valence-electron chi connectivity index (χ1n) is 2.39. The molecule has 0 saturated carbocycles. The van der Waals surface area contributed by atoms with E-state index < -0.39 is 11.9 Å². The Labute approximate surface area is 108 Å². The monoisotopic (exact) mass is 550 g/mol. The number of hydrogen-bond acceptors (Lipinski definition) is 4. The Bertz CT molecular complexity index is 134. The molecule has 12 heavy (non-hydrogen) atoms. The van der Waals surface area contributed by atoms with Crippen molar-refractivity contribution in [3.63, 3.8) is 0 Å². The molecule has 72 valence electrons. The zero-order chi connectivity index (χ0) is 10.1. The number of esters is 2. The van der Waals surface area contributed by atoms with Crippen molar-refractivity contribution in [2.75, 3.05) is 14.2 Å². The molecule has 0 unspecified atom stereocenters. The van der Waals surface area contributed by atoms with Crippen LogP contribution in [0, 0.1) is 0 Å². The second kappa shape index (κ2) is 10.8. The van der Waals surface area contributed by atoms with E-state index in [4.69, 9.17) is 0 Å². The zero-order valence-corrected chi connectivity index (χ0v) is 14.1. The van der Waals surface area contributed by atoms with Gasteiger partial charge in [0.2, 0.25) is 0 Å². The molecule has 0 fully saturated rings. The summed E-state index contributed by atoms with van der Waals surface area (Å²) in [5.74, 6) is -1.96. The van der Waals surface area contributed by atoms with Gasteiger partial charge in [-0.1, -0.05) is 0 Å². The molecule has 0 aromatic carbocycles. The van der Waals surface area contributed by atoms with Crippen LogP contribution in [-0.4, -0.2) is 26.2 Å². The van der Waals surface area contributed by atoms with E-state index in [1.54, 1.807) is 0 Å². The van der Waals surface area contributed by atoms with E-state index in [1.165, 1.54) is 0 Å². The van der Waals surface area contributed by atoms with Crippen LogP contribution in [0.15, 0.2) is 0 Å². The molecule has 0 amide bonds. The molecular weight excluding hydrogens is 544 g/mol. The van der Waals surface area contributed by atoms with E-state index in [-0.39, 0.29) is 4.92 Å². The van der Waals surface area contributed by atoms with Crippen molar-refractivity contribution in [2.24, 2.45) is 0 Å². The van der Waals surface area contributed by atoms with E-state index in [0.717, 1.165) is 14.2 Å². The summed E-state index contributed by atoms with van der Waals surface area (Å²) in [6.45, 7) is 0. The first-order chi connectivity index (χ1) is 5.45. The van der Waals surface area contributed by atoms with Crippen molar-refractivity contribution < 1.29 is 24.0 Å². The third-order valence-corrected chi connectivity index (χ3v) is 0.537. The number of ether oxygens (including phenoxy) is 2. The Balaban J connectivity index is 0. The normalized spacial score (nSPS) is 8.17. The van der Waals surface area contributed by atoms with Crippen LogP contribution >= 0.6 is 59.9 Å². The van der Waals surface area contributed by atoms with Crippen molar-refractivity contribution in [3.8, 4) is 0 Å². The summed E-state index contributed by atoms with van der Waals surface area (Å²) in [5.41, 5.74) is 0. The molecular formula is C4H6I3O4V. The van der Waals surface area contributed by atoms with E-state index in [9.17, 15) is 9.59 Å². The summed E-state index contributed by atoms with van der Waals surface area (Å²) in [6, 6.07) is 0. The quantitative estimate of drug-likeness (QED) is 0.264. The van der Waals surface area contributed by atoms with Crippen LogP contribution in [0.2, 0.25) is 0 Å².